The number of hydrogen-bond donors (Lipinski definition) is 2. The molecule has 118 valence electrons. The quantitative estimate of drug-likeness (QED) is 0.440. The molecule has 6 heteroatoms. The fourth-order valence-electron chi connectivity index (χ4n) is 1.82. The van der Waals surface area contributed by atoms with E-state index in [0.717, 1.165) is 26.2 Å². The third kappa shape index (κ3) is 6.78. The Labute approximate surface area is 130 Å². The summed E-state index contributed by atoms with van der Waals surface area (Å²) in [5, 5.41) is 6.77. The van der Waals surface area contributed by atoms with Crippen molar-refractivity contribution in [2.45, 2.75) is 19.8 Å². The van der Waals surface area contributed by atoms with Gasteiger partial charge in [0.1, 0.15) is 5.82 Å². The van der Waals surface area contributed by atoms with Gasteiger partial charge in [-0.15, -0.1) is 0 Å². The maximum absolute atomic E-state index is 13.6. The Morgan fingerprint density at radius 1 is 1.33 bits per heavy atom. The summed E-state index contributed by atoms with van der Waals surface area (Å²) in [7, 11) is 1.70. The average Bonchev–Trinajstić information content (AvgIpc) is 2.48. The smallest absolute Gasteiger partial charge is 0.190 e. The van der Waals surface area contributed by atoms with Gasteiger partial charge in [0.25, 0.3) is 0 Å². The van der Waals surface area contributed by atoms with Crippen molar-refractivity contribution in [3.05, 3.63) is 34.6 Å². The molecule has 0 atom stereocenters. The molecule has 0 aliphatic heterocycles. The number of nitrogens with zero attached hydrogens (tertiary/aromatic N) is 1. The number of rotatable bonds is 8. The molecule has 0 spiro atoms. The molecule has 4 nitrogen and oxygen atoms in total. The Bertz CT molecular complexity index is 434. The van der Waals surface area contributed by atoms with Crippen LogP contribution in [0.1, 0.15) is 18.9 Å². The fourth-order valence-corrected chi connectivity index (χ4v) is 2.08. The van der Waals surface area contributed by atoms with Gasteiger partial charge in [0.05, 0.1) is 0 Å². The van der Waals surface area contributed by atoms with Crippen LogP contribution in [-0.4, -0.2) is 39.3 Å². The summed E-state index contributed by atoms with van der Waals surface area (Å²) in [6, 6.07) is 4.72. The van der Waals surface area contributed by atoms with E-state index < -0.39 is 0 Å². The van der Waals surface area contributed by atoms with Crippen LogP contribution in [0.15, 0.2) is 23.2 Å². The van der Waals surface area contributed by atoms with E-state index in [2.05, 4.69) is 15.6 Å². The van der Waals surface area contributed by atoms with Gasteiger partial charge in [-0.2, -0.15) is 0 Å². The minimum absolute atomic E-state index is 0.274. The molecule has 0 radical (unpaired) electrons. The first kappa shape index (κ1) is 17.7. The van der Waals surface area contributed by atoms with E-state index in [1.165, 1.54) is 6.07 Å². The summed E-state index contributed by atoms with van der Waals surface area (Å²) < 4.78 is 18.9. The highest BCUT2D eigenvalue weighted by Crippen LogP contribution is 2.18. The van der Waals surface area contributed by atoms with Crippen LogP contribution in [0.4, 0.5) is 4.39 Å². The van der Waals surface area contributed by atoms with E-state index in [4.69, 9.17) is 16.3 Å². The zero-order valence-electron chi connectivity index (χ0n) is 12.6. The third-order valence-corrected chi connectivity index (χ3v) is 3.27. The third-order valence-electron chi connectivity index (χ3n) is 2.91. The Kier molecular flexibility index (Phi) is 8.78. The van der Waals surface area contributed by atoms with Crippen molar-refractivity contribution in [1.82, 2.24) is 10.6 Å². The lowest BCUT2D eigenvalue weighted by atomic mass is 10.1. The number of guanidine groups is 1. The topological polar surface area (TPSA) is 45.6 Å². The SMILES string of the molecule is CCOCCCNC(=NC)NCCc1c(F)cccc1Cl. The number of ether oxygens (including phenoxy) is 1. The molecular formula is C15H23ClFN3O. The Morgan fingerprint density at radius 2 is 2.10 bits per heavy atom. The van der Waals surface area contributed by atoms with Crippen molar-refractivity contribution in [3.63, 3.8) is 0 Å². The van der Waals surface area contributed by atoms with Gasteiger partial charge in [0, 0.05) is 43.9 Å². The molecule has 0 bridgehead atoms. The highest BCUT2D eigenvalue weighted by molar-refractivity contribution is 6.31. The van der Waals surface area contributed by atoms with Gasteiger partial charge in [-0.25, -0.2) is 4.39 Å². The molecule has 1 aromatic rings. The molecule has 1 rings (SSSR count). The molecule has 1 aromatic carbocycles. The molecular weight excluding hydrogens is 293 g/mol. The van der Waals surface area contributed by atoms with Gasteiger partial charge >= 0.3 is 0 Å². The van der Waals surface area contributed by atoms with Crippen molar-refractivity contribution in [3.8, 4) is 0 Å². The molecule has 0 fully saturated rings. The number of nitrogens with one attached hydrogen (secondary N) is 2. The van der Waals surface area contributed by atoms with Crippen molar-refractivity contribution < 1.29 is 9.13 Å². The van der Waals surface area contributed by atoms with Crippen molar-refractivity contribution in [1.29, 1.82) is 0 Å². The monoisotopic (exact) mass is 315 g/mol. The maximum Gasteiger partial charge on any atom is 0.190 e. The lowest BCUT2D eigenvalue weighted by molar-refractivity contribution is 0.145. The van der Waals surface area contributed by atoms with Crippen LogP contribution < -0.4 is 10.6 Å². The van der Waals surface area contributed by atoms with E-state index in [1.54, 1.807) is 19.2 Å². The number of benzene rings is 1. The Morgan fingerprint density at radius 3 is 2.76 bits per heavy atom. The Balaban J connectivity index is 2.29. The van der Waals surface area contributed by atoms with Crippen LogP contribution in [0.2, 0.25) is 5.02 Å². The summed E-state index contributed by atoms with van der Waals surface area (Å²) in [6.45, 7) is 4.77. The molecule has 2 N–H and O–H groups in total. The summed E-state index contributed by atoms with van der Waals surface area (Å²) in [4.78, 5) is 4.11. The maximum atomic E-state index is 13.6. The number of aliphatic imine (C=N–C) groups is 1. The van der Waals surface area contributed by atoms with Gasteiger partial charge in [-0.05, 0) is 31.9 Å². The largest absolute Gasteiger partial charge is 0.382 e. The molecule has 0 saturated heterocycles. The second kappa shape index (κ2) is 10.4. The first-order chi connectivity index (χ1) is 10.2. The highest BCUT2D eigenvalue weighted by atomic mass is 35.5. The Hall–Kier alpha value is -1.33. The second-order valence-electron chi connectivity index (χ2n) is 4.43. The predicted molar refractivity (Wildman–Crippen MR) is 85.6 cm³/mol. The first-order valence-corrected chi connectivity index (χ1v) is 7.52. The lowest BCUT2D eigenvalue weighted by Crippen LogP contribution is -2.39. The zero-order chi connectivity index (χ0) is 15.5. The second-order valence-corrected chi connectivity index (χ2v) is 4.83. The predicted octanol–water partition coefficient (Wildman–Crippen LogP) is 2.61. The molecule has 0 saturated carbocycles. The van der Waals surface area contributed by atoms with E-state index in [0.29, 0.717) is 29.5 Å². The fraction of sp³-hybridized carbons (Fsp3) is 0.533. The molecule has 0 unspecified atom stereocenters. The first-order valence-electron chi connectivity index (χ1n) is 7.14. The van der Waals surface area contributed by atoms with E-state index >= 15 is 0 Å². The van der Waals surface area contributed by atoms with Crippen LogP contribution in [0.5, 0.6) is 0 Å². The van der Waals surface area contributed by atoms with Crippen molar-refractivity contribution in [2.24, 2.45) is 4.99 Å². The average molecular weight is 316 g/mol. The van der Waals surface area contributed by atoms with Gasteiger partial charge in [-0.3, -0.25) is 4.99 Å². The lowest BCUT2D eigenvalue weighted by Gasteiger charge is -2.12. The summed E-state index contributed by atoms with van der Waals surface area (Å²) >= 11 is 5.98. The molecule has 0 aliphatic rings. The molecule has 0 heterocycles. The molecule has 0 aliphatic carbocycles. The van der Waals surface area contributed by atoms with Crippen LogP contribution in [-0.2, 0) is 11.2 Å². The summed E-state index contributed by atoms with van der Waals surface area (Å²) in [6.07, 6.45) is 1.42. The van der Waals surface area contributed by atoms with Crippen molar-refractivity contribution >= 4 is 17.6 Å². The minimum atomic E-state index is -0.274. The van der Waals surface area contributed by atoms with Crippen LogP contribution in [0, 0.1) is 5.82 Å². The van der Waals surface area contributed by atoms with E-state index in [-0.39, 0.29) is 5.82 Å². The normalized spacial score (nSPS) is 11.5. The summed E-state index contributed by atoms with van der Waals surface area (Å²) in [5.41, 5.74) is 0.526. The molecule has 0 amide bonds. The van der Waals surface area contributed by atoms with Crippen LogP contribution in [0.25, 0.3) is 0 Å². The summed E-state index contributed by atoms with van der Waals surface area (Å²) in [5.74, 6) is 0.419. The van der Waals surface area contributed by atoms with Crippen LogP contribution in [0.3, 0.4) is 0 Å². The van der Waals surface area contributed by atoms with Gasteiger partial charge < -0.3 is 15.4 Å². The van der Waals surface area contributed by atoms with E-state index in [1.807, 2.05) is 6.92 Å². The van der Waals surface area contributed by atoms with Crippen molar-refractivity contribution in [2.75, 3.05) is 33.4 Å². The van der Waals surface area contributed by atoms with Crippen LogP contribution >= 0.6 is 11.6 Å². The van der Waals surface area contributed by atoms with Gasteiger partial charge in [0.2, 0.25) is 0 Å². The molecule has 0 aromatic heterocycles. The molecule has 21 heavy (non-hydrogen) atoms. The van der Waals surface area contributed by atoms with E-state index in [9.17, 15) is 4.39 Å². The van der Waals surface area contributed by atoms with Gasteiger partial charge in [-0.1, -0.05) is 17.7 Å². The van der Waals surface area contributed by atoms with Gasteiger partial charge in [0.15, 0.2) is 5.96 Å². The number of hydrogen-bond acceptors (Lipinski definition) is 2. The zero-order valence-corrected chi connectivity index (χ0v) is 13.3. The highest BCUT2D eigenvalue weighted by Gasteiger charge is 2.06. The number of halogens is 2. The minimum Gasteiger partial charge on any atom is -0.382 e. The standard InChI is InChI=1S/C15H23ClFN3O/c1-3-21-11-5-9-19-15(18-2)20-10-8-12-13(16)6-4-7-14(12)17/h4,6-7H,3,5,8-11H2,1-2H3,(H2,18,19,20).